The number of anilines is 4. The SMILES string of the molecule is NC(=O)c1cnc(Nc2cc3c(cc2F)CCC3=O)nc1Nc1ccccc1S(N)(=O)=O. The maximum absolute atomic E-state index is 14.5. The lowest BCUT2D eigenvalue weighted by Gasteiger charge is -2.14. The number of carbonyl (C=O) groups is 2. The molecule has 12 heteroatoms. The number of rotatable bonds is 6. The number of primary sulfonamides is 1. The molecule has 0 bridgehead atoms. The fourth-order valence-corrected chi connectivity index (χ4v) is 4.04. The predicted molar refractivity (Wildman–Crippen MR) is 114 cm³/mol. The number of nitrogens with zero attached hydrogens (tertiary/aromatic N) is 2. The van der Waals surface area contributed by atoms with Crippen LogP contribution < -0.4 is 21.5 Å². The highest BCUT2D eigenvalue weighted by molar-refractivity contribution is 7.89. The van der Waals surface area contributed by atoms with Crippen LogP contribution in [-0.4, -0.2) is 30.1 Å². The maximum Gasteiger partial charge on any atom is 0.254 e. The number of para-hydroxylation sites is 1. The number of hydrogen-bond acceptors (Lipinski definition) is 8. The number of halogens is 1. The number of nitrogens with two attached hydrogens (primary N) is 2. The lowest BCUT2D eigenvalue weighted by Crippen LogP contribution is -2.18. The highest BCUT2D eigenvalue weighted by Gasteiger charge is 2.23. The van der Waals surface area contributed by atoms with Crippen molar-refractivity contribution in [3.8, 4) is 0 Å². The summed E-state index contributed by atoms with van der Waals surface area (Å²) >= 11 is 0. The van der Waals surface area contributed by atoms with Crippen LogP contribution in [0.15, 0.2) is 47.5 Å². The Morgan fingerprint density at radius 2 is 1.84 bits per heavy atom. The van der Waals surface area contributed by atoms with Gasteiger partial charge in [-0.1, -0.05) is 12.1 Å². The predicted octanol–water partition coefficient (Wildman–Crippen LogP) is 1.98. The average molecular weight is 456 g/mol. The lowest BCUT2D eigenvalue weighted by atomic mass is 10.1. The Morgan fingerprint density at radius 3 is 2.56 bits per heavy atom. The minimum atomic E-state index is -4.08. The number of nitrogens with one attached hydrogen (secondary N) is 2. The third-order valence-electron chi connectivity index (χ3n) is 4.86. The van der Waals surface area contributed by atoms with Gasteiger partial charge < -0.3 is 16.4 Å². The van der Waals surface area contributed by atoms with E-state index in [9.17, 15) is 22.4 Å². The number of benzene rings is 2. The first-order valence-electron chi connectivity index (χ1n) is 9.32. The Hall–Kier alpha value is -3.90. The van der Waals surface area contributed by atoms with Crippen LogP contribution in [0.5, 0.6) is 0 Å². The van der Waals surface area contributed by atoms with Gasteiger partial charge in [0.25, 0.3) is 5.91 Å². The molecule has 0 unspecified atom stereocenters. The van der Waals surface area contributed by atoms with Crippen molar-refractivity contribution in [2.75, 3.05) is 10.6 Å². The molecule has 0 spiro atoms. The van der Waals surface area contributed by atoms with E-state index in [-0.39, 0.29) is 39.4 Å². The molecule has 1 aliphatic rings. The van der Waals surface area contributed by atoms with Gasteiger partial charge >= 0.3 is 0 Å². The van der Waals surface area contributed by atoms with Gasteiger partial charge in [-0.05, 0) is 36.2 Å². The van der Waals surface area contributed by atoms with E-state index in [4.69, 9.17) is 10.9 Å². The summed E-state index contributed by atoms with van der Waals surface area (Å²) in [7, 11) is -4.08. The summed E-state index contributed by atoms with van der Waals surface area (Å²) in [6, 6.07) is 8.39. The summed E-state index contributed by atoms with van der Waals surface area (Å²) in [6.45, 7) is 0. The standard InChI is InChI=1S/C20H17FN6O4S/c21-13-7-10-5-6-16(28)11(10)8-15(13)26-20-24-9-12(18(22)29)19(27-20)25-14-3-1-2-4-17(14)32(23,30)31/h1-4,7-9H,5-6H2,(H2,22,29)(H2,23,30,31)(H2,24,25,26,27). The van der Waals surface area contributed by atoms with Crippen LogP contribution in [0.3, 0.4) is 0 Å². The second kappa shape index (κ2) is 7.98. The zero-order valence-electron chi connectivity index (χ0n) is 16.4. The molecule has 4 rings (SSSR count). The molecule has 3 aromatic rings. The van der Waals surface area contributed by atoms with Gasteiger partial charge in [-0.15, -0.1) is 0 Å². The van der Waals surface area contributed by atoms with Gasteiger partial charge in [-0.3, -0.25) is 9.59 Å². The minimum Gasteiger partial charge on any atom is -0.365 e. The molecule has 2 aromatic carbocycles. The molecular weight excluding hydrogens is 439 g/mol. The van der Waals surface area contributed by atoms with Crippen molar-refractivity contribution in [3.63, 3.8) is 0 Å². The van der Waals surface area contributed by atoms with Gasteiger partial charge in [0.15, 0.2) is 5.78 Å². The largest absolute Gasteiger partial charge is 0.365 e. The smallest absolute Gasteiger partial charge is 0.254 e. The molecule has 0 fully saturated rings. The zero-order chi connectivity index (χ0) is 23.0. The van der Waals surface area contributed by atoms with Crippen molar-refractivity contribution in [2.45, 2.75) is 17.7 Å². The van der Waals surface area contributed by atoms with Crippen LogP contribution in [0.25, 0.3) is 0 Å². The fraction of sp³-hybridized carbons (Fsp3) is 0.100. The first kappa shape index (κ1) is 21.3. The van der Waals surface area contributed by atoms with E-state index in [1.54, 1.807) is 6.07 Å². The second-order valence-electron chi connectivity index (χ2n) is 7.02. The first-order chi connectivity index (χ1) is 15.1. The van der Waals surface area contributed by atoms with Crippen molar-refractivity contribution < 1.29 is 22.4 Å². The van der Waals surface area contributed by atoms with Crippen LogP contribution >= 0.6 is 0 Å². The number of aryl methyl sites for hydroxylation is 1. The Morgan fingerprint density at radius 1 is 1.09 bits per heavy atom. The van der Waals surface area contributed by atoms with Gasteiger partial charge in [0.05, 0.1) is 11.4 Å². The van der Waals surface area contributed by atoms with Gasteiger partial charge in [-0.2, -0.15) is 4.98 Å². The summed E-state index contributed by atoms with van der Waals surface area (Å²) < 4.78 is 38.2. The highest BCUT2D eigenvalue weighted by Crippen LogP contribution is 2.30. The summed E-state index contributed by atoms with van der Waals surface area (Å²) in [5.41, 5.74) is 6.32. The molecule has 0 aliphatic heterocycles. The van der Waals surface area contributed by atoms with E-state index in [0.717, 1.165) is 6.20 Å². The van der Waals surface area contributed by atoms with Crippen LogP contribution in [0.4, 0.5) is 27.5 Å². The van der Waals surface area contributed by atoms with E-state index in [1.165, 1.54) is 30.3 Å². The molecule has 0 saturated carbocycles. The summed E-state index contributed by atoms with van der Waals surface area (Å²) in [6.07, 6.45) is 1.91. The van der Waals surface area contributed by atoms with Crippen molar-refractivity contribution >= 4 is 44.9 Å². The third-order valence-corrected chi connectivity index (χ3v) is 5.83. The number of ketones is 1. The maximum atomic E-state index is 14.5. The second-order valence-corrected chi connectivity index (χ2v) is 8.55. The molecule has 0 radical (unpaired) electrons. The molecule has 32 heavy (non-hydrogen) atoms. The quantitative estimate of drug-likeness (QED) is 0.436. The van der Waals surface area contributed by atoms with E-state index < -0.39 is 21.7 Å². The van der Waals surface area contributed by atoms with E-state index in [2.05, 4.69) is 20.6 Å². The van der Waals surface area contributed by atoms with Crippen LogP contribution in [-0.2, 0) is 16.4 Å². The molecule has 1 amide bonds. The lowest BCUT2D eigenvalue weighted by molar-refractivity contribution is 0.0988. The van der Waals surface area contributed by atoms with E-state index in [0.29, 0.717) is 24.0 Å². The number of hydrogen-bond donors (Lipinski definition) is 4. The molecule has 6 N–H and O–H groups in total. The van der Waals surface area contributed by atoms with E-state index >= 15 is 0 Å². The van der Waals surface area contributed by atoms with Crippen LogP contribution in [0.1, 0.15) is 32.7 Å². The topological polar surface area (TPSA) is 170 Å². The molecule has 1 aliphatic carbocycles. The summed E-state index contributed by atoms with van der Waals surface area (Å²) in [5, 5.41) is 10.6. The summed E-state index contributed by atoms with van der Waals surface area (Å²) in [4.78, 5) is 31.7. The number of aromatic nitrogens is 2. The van der Waals surface area contributed by atoms with Gasteiger partial charge in [-0.25, -0.2) is 22.9 Å². The number of fused-ring (bicyclic) bond motifs is 1. The van der Waals surface area contributed by atoms with Crippen molar-refractivity contribution in [2.24, 2.45) is 10.9 Å². The zero-order valence-corrected chi connectivity index (χ0v) is 17.2. The first-order valence-corrected chi connectivity index (χ1v) is 10.9. The number of carbonyl (C=O) groups excluding carboxylic acids is 2. The molecule has 1 heterocycles. The molecule has 1 aromatic heterocycles. The molecule has 10 nitrogen and oxygen atoms in total. The molecule has 0 atom stereocenters. The van der Waals surface area contributed by atoms with Crippen molar-refractivity contribution in [3.05, 3.63) is 65.1 Å². The Labute approximate surface area is 181 Å². The van der Waals surface area contributed by atoms with Crippen molar-refractivity contribution in [1.82, 2.24) is 9.97 Å². The number of amides is 1. The monoisotopic (exact) mass is 456 g/mol. The minimum absolute atomic E-state index is 0.0262. The van der Waals surface area contributed by atoms with Crippen LogP contribution in [0, 0.1) is 5.82 Å². The van der Waals surface area contributed by atoms with Gasteiger partial charge in [0.1, 0.15) is 22.1 Å². The number of sulfonamides is 1. The molecule has 0 saturated heterocycles. The average Bonchev–Trinajstić information content (AvgIpc) is 3.07. The summed E-state index contributed by atoms with van der Waals surface area (Å²) in [5.74, 6) is -1.80. The molecular formula is C20H17FN6O4S. The highest BCUT2D eigenvalue weighted by atomic mass is 32.2. The fourth-order valence-electron chi connectivity index (χ4n) is 3.34. The number of Topliss-reactive ketones (excluding diaryl/α,β-unsaturated/α-hetero) is 1. The van der Waals surface area contributed by atoms with Crippen molar-refractivity contribution in [1.29, 1.82) is 0 Å². The van der Waals surface area contributed by atoms with Gasteiger partial charge in [0.2, 0.25) is 16.0 Å². The number of primary amides is 1. The molecule has 164 valence electrons. The van der Waals surface area contributed by atoms with Crippen LogP contribution in [0.2, 0.25) is 0 Å². The van der Waals surface area contributed by atoms with E-state index in [1.807, 2.05) is 0 Å². The Bertz CT molecular complexity index is 1380. The Balaban J connectivity index is 1.72. The normalized spacial score (nSPS) is 13.0. The Kier molecular flexibility index (Phi) is 5.32. The third kappa shape index (κ3) is 4.13. The van der Waals surface area contributed by atoms with Gasteiger partial charge in [0, 0.05) is 18.2 Å².